The first-order valence-corrected chi connectivity index (χ1v) is 9.78. The van der Waals surface area contributed by atoms with E-state index in [4.69, 9.17) is 0 Å². The van der Waals surface area contributed by atoms with Crippen molar-refractivity contribution in [1.29, 1.82) is 0 Å². The largest absolute Gasteiger partial charge is 0.350 e. The summed E-state index contributed by atoms with van der Waals surface area (Å²) in [5.74, 6) is 0.192. The van der Waals surface area contributed by atoms with Crippen LogP contribution in [0.1, 0.15) is 28.2 Å². The Kier molecular flexibility index (Phi) is 3.87. The molecular weight excluding hydrogens is 340 g/mol. The summed E-state index contributed by atoms with van der Waals surface area (Å²) < 4.78 is 4.50. The predicted octanol–water partition coefficient (Wildman–Crippen LogP) is 6.16. The van der Waals surface area contributed by atoms with Crippen molar-refractivity contribution in [3.63, 3.8) is 0 Å². The summed E-state index contributed by atoms with van der Waals surface area (Å²) >= 11 is 0. The average Bonchev–Trinajstić information content (AvgIpc) is 3.21. The highest BCUT2D eigenvalue weighted by atomic mass is 14.9. The first-order chi connectivity index (χ1) is 13.6. The molecule has 3 aromatic carbocycles. The fraction of sp³-hybridized carbons (Fsp3) is 0.154. The normalized spacial score (nSPS) is 11.7. The molecule has 0 aliphatic carbocycles. The van der Waals surface area contributed by atoms with Gasteiger partial charge in [0.15, 0.2) is 0 Å². The van der Waals surface area contributed by atoms with Gasteiger partial charge in [-0.25, -0.2) is 0 Å². The number of para-hydroxylation sites is 2. The smallest absolute Gasteiger partial charge is 0.0480 e. The van der Waals surface area contributed by atoms with Gasteiger partial charge in [-0.1, -0.05) is 66.2 Å². The van der Waals surface area contributed by atoms with Crippen molar-refractivity contribution in [2.75, 3.05) is 0 Å². The first kappa shape index (κ1) is 16.9. The number of benzene rings is 3. The summed E-state index contributed by atoms with van der Waals surface area (Å²) in [6.07, 6.45) is 4.61. The van der Waals surface area contributed by atoms with Gasteiger partial charge in [-0.2, -0.15) is 0 Å². The molecule has 138 valence electrons. The van der Waals surface area contributed by atoms with Crippen LogP contribution in [-0.4, -0.2) is 9.13 Å². The van der Waals surface area contributed by atoms with Crippen LogP contribution in [0, 0.1) is 6.92 Å². The Morgan fingerprint density at radius 1 is 0.643 bits per heavy atom. The second kappa shape index (κ2) is 6.42. The molecule has 0 fully saturated rings. The van der Waals surface area contributed by atoms with Crippen molar-refractivity contribution >= 4 is 21.8 Å². The van der Waals surface area contributed by atoms with E-state index >= 15 is 0 Å². The maximum Gasteiger partial charge on any atom is 0.0480 e. The van der Waals surface area contributed by atoms with E-state index in [9.17, 15) is 0 Å². The van der Waals surface area contributed by atoms with Gasteiger partial charge in [0.1, 0.15) is 0 Å². The van der Waals surface area contributed by atoms with E-state index < -0.39 is 0 Å². The molecule has 2 heteroatoms. The zero-order valence-electron chi connectivity index (χ0n) is 16.6. The number of hydrogen-bond acceptors (Lipinski definition) is 0. The monoisotopic (exact) mass is 364 g/mol. The molecule has 0 unspecified atom stereocenters. The van der Waals surface area contributed by atoms with Crippen LogP contribution in [0.3, 0.4) is 0 Å². The van der Waals surface area contributed by atoms with E-state index in [1.807, 2.05) is 0 Å². The highest BCUT2D eigenvalue weighted by Crippen LogP contribution is 2.40. The molecule has 2 aromatic heterocycles. The van der Waals surface area contributed by atoms with E-state index in [0.29, 0.717) is 0 Å². The first-order valence-electron chi connectivity index (χ1n) is 9.78. The molecule has 5 aromatic rings. The lowest BCUT2D eigenvalue weighted by Gasteiger charge is -2.18. The van der Waals surface area contributed by atoms with Gasteiger partial charge >= 0.3 is 0 Å². The van der Waals surface area contributed by atoms with Gasteiger partial charge in [0.25, 0.3) is 0 Å². The van der Waals surface area contributed by atoms with Crippen molar-refractivity contribution in [2.45, 2.75) is 12.8 Å². The highest BCUT2D eigenvalue weighted by Gasteiger charge is 2.24. The standard InChI is InChI=1S/C26H24N2/c1-18-9-8-10-19(15-18)26(22-16-27(2)24-13-6-4-11-20(22)24)23-17-28(3)25-14-7-5-12-21(23)25/h4-17,26H,1-3H3. The van der Waals surface area contributed by atoms with Crippen molar-refractivity contribution in [1.82, 2.24) is 9.13 Å². The minimum absolute atomic E-state index is 0.192. The molecule has 28 heavy (non-hydrogen) atoms. The third-order valence-corrected chi connectivity index (χ3v) is 5.85. The van der Waals surface area contributed by atoms with E-state index in [1.54, 1.807) is 0 Å². The molecule has 0 saturated heterocycles. The van der Waals surface area contributed by atoms with Crippen LogP contribution in [0.25, 0.3) is 21.8 Å². The molecule has 0 saturated carbocycles. The number of aromatic nitrogens is 2. The maximum absolute atomic E-state index is 2.33. The zero-order valence-corrected chi connectivity index (χ0v) is 16.6. The second-order valence-corrected chi connectivity index (χ2v) is 7.77. The van der Waals surface area contributed by atoms with Gasteiger partial charge in [0.05, 0.1) is 0 Å². The van der Waals surface area contributed by atoms with Crippen LogP contribution in [0.15, 0.2) is 85.2 Å². The topological polar surface area (TPSA) is 9.86 Å². The zero-order chi connectivity index (χ0) is 19.3. The second-order valence-electron chi connectivity index (χ2n) is 7.77. The van der Waals surface area contributed by atoms with Crippen LogP contribution >= 0.6 is 0 Å². The number of aryl methyl sites for hydroxylation is 3. The van der Waals surface area contributed by atoms with Gasteiger partial charge in [0, 0.05) is 54.2 Å². The molecule has 0 bridgehead atoms. The molecular formula is C26H24N2. The van der Waals surface area contributed by atoms with E-state index in [-0.39, 0.29) is 5.92 Å². The fourth-order valence-corrected chi connectivity index (χ4v) is 4.58. The Morgan fingerprint density at radius 3 is 1.71 bits per heavy atom. The summed E-state index contributed by atoms with van der Waals surface area (Å²) in [7, 11) is 4.28. The fourth-order valence-electron chi connectivity index (χ4n) is 4.58. The summed E-state index contributed by atoms with van der Waals surface area (Å²) in [5.41, 5.74) is 7.90. The quantitative estimate of drug-likeness (QED) is 0.363. The van der Waals surface area contributed by atoms with Crippen LogP contribution in [-0.2, 0) is 14.1 Å². The number of hydrogen-bond donors (Lipinski definition) is 0. The van der Waals surface area contributed by atoms with Gasteiger partial charge in [-0.3, -0.25) is 0 Å². The molecule has 5 rings (SSSR count). The predicted molar refractivity (Wildman–Crippen MR) is 118 cm³/mol. The molecule has 2 heterocycles. The van der Waals surface area contributed by atoms with Crippen molar-refractivity contribution in [3.8, 4) is 0 Å². The molecule has 0 amide bonds. The van der Waals surface area contributed by atoms with Crippen molar-refractivity contribution < 1.29 is 0 Å². The van der Waals surface area contributed by atoms with E-state index in [1.165, 1.54) is 44.1 Å². The SMILES string of the molecule is Cc1cccc(C(c2cn(C)c3ccccc23)c2cn(C)c3ccccc23)c1. The van der Waals surface area contributed by atoms with Crippen LogP contribution in [0.4, 0.5) is 0 Å². The molecule has 2 nitrogen and oxygen atoms in total. The number of fused-ring (bicyclic) bond motifs is 2. The average molecular weight is 364 g/mol. The number of nitrogens with zero attached hydrogens (tertiary/aromatic N) is 2. The third-order valence-electron chi connectivity index (χ3n) is 5.85. The lowest BCUT2D eigenvalue weighted by Crippen LogP contribution is -2.03. The molecule has 0 radical (unpaired) electrons. The lowest BCUT2D eigenvalue weighted by molar-refractivity contribution is 0.911. The summed E-state index contributed by atoms with van der Waals surface area (Å²) in [5, 5.41) is 2.65. The van der Waals surface area contributed by atoms with E-state index in [2.05, 4.69) is 115 Å². The van der Waals surface area contributed by atoms with E-state index in [0.717, 1.165) is 0 Å². The van der Waals surface area contributed by atoms with Crippen LogP contribution in [0.2, 0.25) is 0 Å². The van der Waals surface area contributed by atoms with Gasteiger partial charge in [0.2, 0.25) is 0 Å². The Labute approximate surface area is 165 Å². The Balaban J connectivity index is 1.86. The Morgan fingerprint density at radius 2 is 1.18 bits per heavy atom. The Bertz CT molecular complexity index is 1220. The van der Waals surface area contributed by atoms with Crippen molar-refractivity contribution in [2.24, 2.45) is 14.1 Å². The van der Waals surface area contributed by atoms with Crippen LogP contribution in [0.5, 0.6) is 0 Å². The minimum Gasteiger partial charge on any atom is -0.350 e. The lowest BCUT2D eigenvalue weighted by atomic mass is 9.84. The van der Waals surface area contributed by atoms with Crippen LogP contribution < -0.4 is 0 Å². The molecule has 0 aliphatic heterocycles. The summed E-state index contributed by atoms with van der Waals surface area (Å²) in [6.45, 7) is 2.17. The van der Waals surface area contributed by atoms with Gasteiger partial charge < -0.3 is 9.13 Å². The summed E-state index contributed by atoms with van der Waals surface area (Å²) in [6, 6.07) is 26.4. The maximum atomic E-state index is 2.33. The summed E-state index contributed by atoms with van der Waals surface area (Å²) in [4.78, 5) is 0. The molecule has 0 N–H and O–H groups in total. The Hall–Kier alpha value is -3.26. The van der Waals surface area contributed by atoms with Crippen molar-refractivity contribution in [3.05, 3.63) is 107 Å². The number of rotatable bonds is 3. The van der Waals surface area contributed by atoms with Gasteiger partial charge in [-0.15, -0.1) is 0 Å². The molecule has 0 spiro atoms. The van der Waals surface area contributed by atoms with Gasteiger partial charge in [-0.05, 0) is 35.7 Å². The molecule has 0 aliphatic rings. The minimum atomic E-state index is 0.192. The molecule has 0 atom stereocenters. The highest BCUT2D eigenvalue weighted by molar-refractivity contribution is 5.89. The third kappa shape index (κ3) is 2.56.